The van der Waals surface area contributed by atoms with E-state index in [2.05, 4.69) is 60.1 Å². The summed E-state index contributed by atoms with van der Waals surface area (Å²) in [7, 11) is -3.36. The van der Waals surface area contributed by atoms with Gasteiger partial charge in [0.15, 0.2) is 15.7 Å². The number of aliphatic imine (C=N–C) groups is 1. The van der Waals surface area contributed by atoms with Crippen LogP contribution in [0.25, 0.3) is 5.69 Å². The predicted octanol–water partition coefficient (Wildman–Crippen LogP) is 4.21. The van der Waals surface area contributed by atoms with Crippen LogP contribution in [0.4, 0.5) is 5.69 Å². The molecule has 0 unspecified atom stereocenters. The van der Waals surface area contributed by atoms with E-state index in [1.54, 1.807) is 19.1 Å². The molecule has 0 fully saturated rings. The van der Waals surface area contributed by atoms with Crippen molar-refractivity contribution in [3.63, 3.8) is 0 Å². The summed E-state index contributed by atoms with van der Waals surface area (Å²) in [6, 6.07) is 13.7. The molecule has 33 heavy (non-hydrogen) atoms. The van der Waals surface area contributed by atoms with Gasteiger partial charge in [0.25, 0.3) is 0 Å². The van der Waals surface area contributed by atoms with Crippen molar-refractivity contribution in [2.24, 2.45) is 4.99 Å². The molecule has 4 rings (SSSR count). The summed E-state index contributed by atoms with van der Waals surface area (Å²) in [5.74, 6) is 1.60. The molecule has 0 spiro atoms. The van der Waals surface area contributed by atoms with Crippen LogP contribution in [0.3, 0.4) is 0 Å². The maximum Gasteiger partial charge on any atom is 0.178 e. The largest absolute Gasteiger partial charge is 0.372 e. The second kappa shape index (κ2) is 9.47. The fourth-order valence-electron chi connectivity index (χ4n) is 4.28. The molecule has 7 nitrogen and oxygen atoms in total. The van der Waals surface area contributed by atoms with Crippen LogP contribution in [0, 0.1) is 0 Å². The molecular formula is C25H31N5O2S. The molecule has 1 aliphatic rings. The van der Waals surface area contributed by atoms with Crippen molar-refractivity contribution in [2.45, 2.75) is 52.0 Å². The number of fused-ring (bicyclic) bond motifs is 3. The standard InChI is InChI=1S/C25H31N5O2S/c1-5-9-23-27-28-24-17-26-25(18-10-12-19(13-11-18)29(6-2)7-3)21-15-14-20(33(31,32)8-4)16-22(21)30(23)24/h10-16H,5-9,17H2,1-4H3. The van der Waals surface area contributed by atoms with Crippen LogP contribution in [0.5, 0.6) is 0 Å². The summed E-state index contributed by atoms with van der Waals surface area (Å²) < 4.78 is 27.3. The van der Waals surface area contributed by atoms with E-state index in [1.165, 1.54) is 5.69 Å². The highest BCUT2D eigenvalue weighted by Crippen LogP contribution is 2.29. The Labute approximate surface area is 196 Å². The molecule has 2 heterocycles. The van der Waals surface area contributed by atoms with Crippen molar-refractivity contribution in [1.29, 1.82) is 0 Å². The first-order chi connectivity index (χ1) is 15.9. The topological polar surface area (TPSA) is 80.4 Å². The minimum atomic E-state index is -3.36. The Hall–Kier alpha value is -3.00. The lowest BCUT2D eigenvalue weighted by Crippen LogP contribution is -2.21. The second-order valence-electron chi connectivity index (χ2n) is 8.08. The number of hydrogen-bond acceptors (Lipinski definition) is 6. The van der Waals surface area contributed by atoms with Gasteiger partial charge < -0.3 is 4.90 Å². The van der Waals surface area contributed by atoms with Gasteiger partial charge in [0, 0.05) is 36.3 Å². The third-order valence-electron chi connectivity index (χ3n) is 6.12. The van der Waals surface area contributed by atoms with Gasteiger partial charge in [-0.05, 0) is 50.6 Å². The van der Waals surface area contributed by atoms with Crippen LogP contribution in [0.15, 0.2) is 52.4 Å². The maximum atomic E-state index is 12.7. The Kier molecular flexibility index (Phi) is 6.65. The summed E-state index contributed by atoms with van der Waals surface area (Å²) in [6.45, 7) is 10.3. The van der Waals surface area contributed by atoms with Gasteiger partial charge in [0.2, 0.25) is 0 Å². The zero-order valence-corrected chi connectivity index (χ0v) is 20.6. The molecule has 1 aliphatic heterocycles. The Bertz CT molecular complexity index is 1270. The van der Waals surface area contributed by atoms with Gasteiger partial charge in [-0.2, -0.15) is 0 Å². The summed E-state index contributed by atoms with van der Waals surface area (Å²) >= 11 is 0. The SMILES string of the molecule is CCCc1nnc2n1-c1cc(S(=O)(=O)CC)ccc1C(c1ccc(N(CC)CC)cc1)=NC2. The van der Waals surface area contributed by atoms with E-state index in [4.69, 9.17) is 4.99 Å². The highest BCUT2D eigenvalue weighted by Gasteiger charge is 2.25. The number of aromatic nitrogens is 3. The predicted molar refractivity (Wildman–Crippen MR) is 132 cm³/mol. The fourth-order valence-corrected chi connectivity index (χ4v) is 5.18. The van der Waals surface area contributed by atoms with E-state index < -0.39 is 9.84 Å². The van der Waals surface area contributed by atoms with Crippen molar-refractivity contribution < 1.29 is 8.42 Å². The van der Waals surface area contributed by atoms with E-state index in [-0.39, 0.29) is 5.75 Å². The van der Waals surface area contributed by atoms with Crippen molar-refractivity contribution in [3.8, 4) is 5.69 Å². The summed E-state index contributed by atoms with van der Waals surface area (Å²) in [6.07, 6.45) is 1.67. The quantitative estimate of drug-likeness (QED) is 0.498. The van der Waals surface area contributed by atoms with Crippen molar-refractivity contribution in [3.05, 3.63) is 65.2 Å². The first-order valence-electron chi connectivity index (χ1n) is 11.6. The molecule has 0 saturated carbocycles. The van der Waals surface area contributed by atoms with Gasteiger partial charge in [-0.15, -0.1) is 10.2 Å². The van der Waals surface area contributed by atoms with Gasteiger partial charge in [0.1, 0.15) is 12.4 Å². The van der Waals surface area contributed by atoms with Gasteiger partial charge in [-0.25, -0.2) is 8.42 Å². The number of aryl methyl sites for hydroxylation is 1. The average molecular weight is 466 g/mol. The summed E-state index contributed by atoms with van der Waals surface area (Å²) in [5.41, 5.74) is 4.66. The third kappa shape index (κ3) is 4.31. The molecule has 1 aromatic heterocycles. The molecule has 8 heteroatoms. The van der Waals surface area contributed by atoms with Crippen molar-refractivity contribution >= 4 is 21.2 Å². The van der Waals surface area contributed by atoms with Gasteiger partial charge in [-0.3, -0.25) is 9.56 Å². The molecule has 0 amide bonds. The van der Waals surface area contributed by atoms with E-state index in [0.29, 0.717) is 11.4 Å². The zero-order chi connectivity index (χ0) is 23.6. The molecule has 3 aromatic rings. The lowest BCUT2D eigenvalue weighted by molar-refractivity contribution is 0.597. The Morgan fingerprint density at radius 1 is 0.970 bits per heavy atom. The number of rotatable bonds is 8. The highest BCUT2D eigenvalue weighted by atomic mass is 32.2. The van der Waals surface area contributed by atoms with Gasteiger partial charge in [-0.1, -0.05) is 26.0 Å². The van der Waals surface area contributed by atoms with Crippen LogP contribution < -0.4 is 4.90 Å². The molecular weight excluding hydrogens is 434 g/mol. The molecule has 0 atom stereocenters. The average Bonchev–Trinajstić information content (AvgIpc) is 3.15. The Morgan fingerprint density at radius 2 is 1.70 bits per heavy atom. The van der Waals surface area contributed by atoms with Crippen LogP contribution in [0.2, 0.25) is 0 Å². The summed E-state index contributed by atoms with van der Waals surface area (Å²) in [5, 5.41) is 8.76. The summed E-state index contributed by atoms with van der Waals surface area (Å²) in [4.78, 5) is 7.51. The third-order valence-corrected chi connectivity index (χ3v) is 7.86. The minimum absolute atomic E-state index is 0.0520. The normalized spacial score (nSPS) is 13.2. The number of sulfone groups is 1. The van der Waals surface area contributed by atoms with E-state index in [1.807, 2.05) is 10.6 Å². The molecule has 0 bridgehead atoms. The van der Waals surface area contributed by atoms with Gasteiger partial charge in [0.05, 0.1) is 22.0 Å². The Balaban J connectivity index is 1.88. The van der Waals surface area contributed by atoms with Crippen LogP contribution in [0.1, 0.15) is 56.9 Å². The first-order valence-corrected chi connectivity index (χ1v) is 13.3. The molecule has 0 radical (unpaired) electrons. The van der Waals surface area contributed by atoms with Crippen molar-refractivity contribution in [2.75, 3.05) is 23.7 Å². The lowest BCUT2D eigenvalue weighted by Gasteiger charge is -2.21. The maximum absolute atomic E-state index is 12.7. The van der Waals surface area contributed by atoms with E-state index in [0.717, 1.165) is 60.1 Å². The first kappa shape index (κ1) is 23.2. The molecule has 0 N–H and O–H groups in total. The number of nitrogens with zero attached hydrogens (tertiary/aromatic N) is 5. The highest BCUT2D eigenvalue weighted by molar-refractivity contribution is 7.91. The van der Waals surface area contributed by atoms with Crippen LogP contribution in [-0.2, 0) is 22.8 Å². The smallest absolute Gasteiger partial charge is 0.178 e. The minimum Gasteiger partial charge on any atom is -0.372 e. The zero-order valence-electron chi connectivity index (χ0n) is 19.7. The number of anilines is 1. The Morgan fingerprint density at radius 3 is 2.33 bits per heavy atom. The van der Waals surface area contributed by atoms with E-state index in [9.17, 15) is 8.42 Å². The molecule has 174 valence electrons. The van der Waals surface area contributed by atoms with E-state index >= 15 is 0 Å². The lowest BCUT2D eigenvalue weighted by atomic mass is 10.00. The molecule has 0 saturated heterocycles. The molecule has 0 aliphatic carbocycles. The van der Waals surface area contributed by atoms with Crippen LogP contribution in [-0.4, -0.2) is 47.7 Å². The second-order valence-corrected chi connectivity index (χ2v) is 10.4. The number of benzene rings is 2. The monoisotopic (exact) mass is 465 g/mol. The van der Waals surface area contributed by atoms with Crippen molar-refractivity contribution in [1.82, 2.24) is 14.8 Å². The fraction of sp³-hybridized carbons (Fsp3) is 0.400. The molecule has 2 aromatic carbocycles. The van der Waals surface area contributed by atoms with Crippen LogP contribution >= 0.6 is 0 Å². The number of hydrogen-bond donors (Lipinski definition) is 0. The van der Waals surface area contributed by atoms with Gasteiger partial charge >= 0.3 is 0 Å².